The number of hydrogen-bond donors (Lipinski definition) is 3. The lowest BCUT2D eigenvalue weighted by molar-refractivity contribution is 0.137. The molecule has 0 saturated carbocycles. The van der Waals surface area contributed by atoms with Crippen molar-refractivity contribution in [2.24, 2.45) is 0 Å². The molecule has 0 aromatic rings. The van der Waals surface area contributed by atoms with Gasteiger partial charge in [0.05, 0.1) is 19.3 Å². The van der Waals surface area contributed by atoms with Gasteiger partial charge in [-0.05, 0) is 0 Å². The van der Waals surface area contributed by atoms with Gasteiger partial charge in [0, 0.05) is 33.3 Å². The molecule has 0 radical (unpaired) electrons. The zero-order valence-corrected chi connectivity index (χ0v) is 10.2. The van der Waals surface area contributed by atoms with E-state index in [1.54, 1.807) is 0 Å². The first-order valence-corrected chi connectivity index (χ1v) is 6.62. The molecule has 0 spiro atoms. The summed E-state index contributed by atoms with van der Waals surface area (Å²) in [5, 5.41) is 12.1. The van der Waals surface area contributed by atoms with Crippen LogP contribution in [0.15, 0.2) is 0 Å². The van der Waals surface area contributed by atoms with E-state index >= 15 is 0 Å². The van der Waals surface area contributed by atoms with Crippen molar-refractivity contribution in [3.8, 4) is 0 Å². The van der Waals surface area contributed by atoms with E-state index in [-0.39, 0.29) is 13.2 Å². The van der Waals surface area contributed by atoms with Crippen LogP contribution < -0.4 is 10.0 Å². The van der Waals surface area contributed by atoms with Gasteiger partial charge in [0.25, 0.3) is 10.2 Å². The molecule has 1 heterocycles. The lowest BCUT2D eigenvalue weighted by Gasteiger charge is -2.28. The second kappa shape index (κ2) is 6.48. The van der Waals surface area contributed by atoms with Crippen LogP contribution in [0, 0.1) is 0 Å². The van der Waals surface area contributed by atoms with Crippen LogP contribution in [0.4, 0.5) is 0 Å². The van der Waals surface area contributed by atoms with Crippen LogP contribution >= 0.6 is 0 Å². The molecular formula is C8H19N3O4S. The van der Waals surface area contributed by atoms with Crippen LogP contribution in [0.25, 0.3) is 0 Å². The van der Waals surface area contributed by atoms with Gasteiger partial charge in [-0.1, -0.05) is 0 Å². The Balaban J connectivity index is 2.54. The van der Waals surface area contributed by atoms with Gasteiger partial charge in [-0.2, -0.15) is 17.4 Å². The number of aliphatic hydroxyl groups excluding tert-OH is 1. The first kappa shape index (κ1) is 13.8. The van der Waals surface area contributed by atoms with Gasteiger partial charge in [-0.25, -0.2) is 0 Å². The summed E-state index contributed by atoms with van der Waals surface area (Å²) in [6.07, 6.45) is 0. The number of methoxy groups -OCH3 is 1. The van der Waals surface area contributed by atoms with Crippen LogP contribution in [0.2, 0.25) is 0 Å². The maximum atomic E-state index is 11.9. The summed E-state index contributed by atoms with van der Waals surface area (Å²) in [5.74, 6) is 0. The van der Waals surface area contributed by atoms with Crippen molar-refractivity contribution in [1.29, 1.82) is 0 Å². The van der Waals surface area contributed by atoms with Gasteiger partial charge < -0.3 is 15.2 Å². The Morgan fingerprint density at radius 2 is 2.12 bits per heavy atom. The van der Waals surface area contributed by atoms with Crippen LogP contribution in [0.3, 0.4) is 0 Å². The van der Waals surface area contributed by atoms with E-state index in [9.17, 15) is 8.42 Å². The number of aliphatic hydroxyl groups is 1. The van der Waals surface area contributed by atoms with Crippen molar-refractivity contribution in [3.05, 3.63) is 0 Å². The van der Waals surface area contributed by atoms with E-state index in [1.807, 2.05) is 0 Å². The normalized spacial score (nSPS) is 20.9. The molecule has 1 atom stereocenters. The maximum Gasteiger partial charge on any atom is 0.279 e. The minimum atomic E-state index is -3.51. The van der Waals surface area contributed by atoms with Crippen molar-refractivity contribution in [2.45, 2.75) is 6.04 Å². The van der Waals surface area contributed by atoms with Gasteiger partial charge in [-0.3, -0.25) is 0 Å². The molecular weight excluding hydrogens is 234 g/mol. The predicted octanol–water partition coefficient (Wildman–Crippen LogP) is -2.27. The molecule has 1 saturated heterocycles. The lowest BCUT2D eigenvalue weighted by atomic mass is 10.4. The third-order valence-electron chi connectivity index (χ3n) is 2.32. The molecule has 1 unspecified atom stereocenters. The zero-order chi connectivity index (χ0) is 12.0. The minimum Gasteiger partial charge on any atom is -0.395 e. The largest absolute Gasteiger partial charge is 0.395 e. The Bertz CT molecular complexity index is 290. The summed E-state index contributed by atoms with van der Waals surface area (Å²) in [6.45, 7) is 2.06. The van der Waals surface area contributed by atoms with Crippen LogP contribution in [0.5, 0.6) is 0 Å². The molecule has 1 fully saturated rings. The highest BCUT2D eigenvalue weighted by Crippen LogP contribution is 2.01. The highest BCUT2D eigenvalue weighted by Gasteiger charge is 2.26. The Morgan fingerprint density at radius 1 is 1.50 bits per heavy atom. The zero-order valence-electron chi connectivity index (χ0n) is 9.35. The van der Waals surface area contributed by atoms with E-state index in [0.29, 0.717) is 26.2 Å². The summed E-state index contributed by atoms with van der Waals surface area (Å²) in [4.78, 5) is 0. The van der Waals surface area contributed by atoms with Gasteiger partial charge >= 0.3 is 0 Å². The molecule has 0 aliphatic carbocycles. The predicted molar refractivity (Wildman–Crippen MR) is 59.2 cm³/mol. The number of ether oxygens (including phenoxy) is 1. The third-order valence-corrected chi connectivity index (χ3v) is 4.00. The molecule has 1 aliphatic heterocycles. The molecule has 1 aliphatic rings. The first-order chi connectivity index (χ1) is 7.60. The van der Waals surface area contributed by atoms with Crippen LogP contribution in [0.1, 0.15) is 0 Å². The second-order valence-corrected chi connectivity index (χ2v) is 5.31. The molecule has 0 bridgehead atoms. The Morgan fingerprint density at radius 3 is 2.62 bits per heavy atom. The Hall–Kier alpha value is -0.250. The SMILES string of the molecule is COCC(CO)NS(=O)(=O)N1CCNCC1. The highest BCUT2D eigenvalue weighted by atomic mass is 32.2. The summed E-state index contributed by atoms with van der Waals surface area (Å²) in [6, 6.07) is -0.593. The number of rotatable bonds is 6. The first-order valence-electron chi connectivity index (χ1n) is 5.18. The molecule has 96 valence electrons. The van der Waals surface area contributed by atoms with Crippen LogP contribution in [-0.4, -0.2) is 70.4 Å². The van der Waals surface area contributed by atoms with E-state index in [4.69, 9.17) is 9.84 Å². The quantitative estimate of drug-likeness (QED) is 0.497. The average Bonchev–Trinajstić information content (AvgIpc) is 2.29. The summed E-state index contributed by atoms with van der Waals surface area (Å²) in [5.41, 5.74) is 0. The van der Waals surface area contributed by atoms with Crippen molar-refractivity contribution in [3.63, 3.8) is 0 Å². The van der Waals surface area contributed by atoms with Crippen molar-refractivity contribution < 1.29 is 18.3 Å². The number of hydrogen-bond acceptors (Lipinski definition) is 5. The molecule has 7 nitrogen and oxygen atoms in total. The molecule has 3 N–H and O–H groups in total. The molecule has 0 aromatic heterocycles. The molecule has 0 aromatic carbocycles. The standard InChI is InChI=1S/C8H19N3O4S/c1-15-7-8(6-12)10-16(13,14)11-4-2-9-3-5-11/h8-10,12H,2-7H2,1H3. The molecule has 0 amide bonds. The van der Waals surface area contributed by atoms with Gasteiger partial charge in [0.1, 0.15) is 0 Å². The second-order valence-electron chi connectivity index (χ2n) is 3.61. The number of nitrogens with zero attached hydrogens (tertiary/aromatic N) is 1. The van der Waals surface area contributed by atoms with Gasteiger partial charge in [-0.15, -0.1) is 0 Å². The summed E-state index contributed by atoms with van der Waals surface area (Å²) < 4.78 is 32.3. The van der Waals surface area contributed by atoms with E-state index in [2.05, 4.69) is 10.0 Å². The van der Waals surface area contributed by atoms with E-state index in [1.165, 1.54) is 11.4 Å². The maximum absolute atomic E-state index is 11.9. The summed E-state index contributed by atoms with van der Waals surface area (Å²) >= 11 is 0. The van der Waals surface area contributed by atoms with Crippen molar-refractivity contribution >= 4 is 10.2 Å². The highest BCUT2D eigenvalue weighted by molar-refractivity contribution is 7.87. The van der Waals surface area contributed by atoms with Crippen LogP contribution in [-0.2, 0) is 14.9 Å². The lowest BCUT2D eigenvalue weighted by Crippen LogP contribution is -2.53. The summed E-state index contributed by atoms with van der Waals surface area (Å²) in [7, 11) is -2.05. The molecule has 1 rings (SSSR count). The smallest absolute Gasteiger partial charge is 0.279 e. The van der Waals surface area contributed by atoms with E-state index in [0.717, 1.165) is 0 Å². The third kappa shape index (κ3) is 3.96. The fraction of sp³-hybridized carbons (Fsp3) is 1.00. The Labute approximate surface area is 96.0 Å². The van der Waals surface area contributed by atoms with Gasteiger partial charge in [0.2, 0.25) is 0 Å². The fourth-order valence-corrected chi connectivity index (χ4v) is 2.87. The van der Waals surface area contributed by atoms with Gasteiger partial charge in [0.15, 0.2) is 0 Å². The van der Waals surface area contributed by atoms with Crippen molar-refractivity contribution in [1.82, 2.24) is 14.3 Å². The van der Waals surface area contributed by atoms with Crippen molar-refractivity contribution in [2.75, 3.05) is 46.5 Å². The average molecular weight is 253 g/mol. The number of piperazine rings is 1. The Kier molecular flexibility index (Phi) is 5.59. The fourth-order valence-electron chi connectivity index (χ4n) is 1.50. The van der Waals surface area contributed by atoms with E-state index < -0.39 is 16.3 Å². The molecule has 16 heavy (non-hydrogen) atoms. The minimum absolute atomic E-state index is 0.155. The molecule has 8 heteroatoms. The monoisotopic (exact) mass is 253 g/mol. The topological polar surface area (TPSA) is 90.9 Å². The number of nitrogens with one attached hydrogen (secondary N) is 2.